The number of aryl methyl sites for hydroxylation is 1. The molecular weight excluding hydrogens is 672 g/mol. The fraction of sp³-hybridized carbons (Fsp3) is 0.450. The Balaban J connectivity index is 1.33. The van der Waals surface area contributed by atoms with Crippen LogP contribution in [0.25, 0.3) is 0 Å². The molecule has 0 radical (unpaired) electrons. The number of sulfonamides is 1. The number of carbonyl (C=O) groups excluding carboxylic acids is 2. The fourth-order valence-electron chi connectivity index (χ4n) is 8.08. The topological polar surface area (TPSA) is 102 Å². The van der Waals surface area contributed by atoms with Crippen molar-refractivity contribution < 1.29 is 27.5 Å². The van der Waals surface area contributed by atoms with E-state index in [1.165, 1.54) is 11.1 Å². The SMILES string of the molecule is CC/C=C/[C@@](C=O)(OC)[C@@H]1CC[C@H]1CN1C[C@@]2(CCCc3cc(Cl)ccc32)COc2ccc(C(=O)NS(=O)(=O)[C@@H](C)Cc3ccccc3)cc21. The number of allylic oxidation sites excluding steroid dienone is 1. The van der Waals surface area contributed by atoms with E-state index in [9.17, 15) is 18.0 Å². The Morgan fingerprint density at radius 1 is 1.16 bits per heavy atom. The van der Waals surface area contributed by atoms with Crippen molar-refractivity contribution in [2.75, 3.05) is 31.7 Å². The lowest BCUT2D eigenvalue weighted by Crippen LogP contribution is -2.53. The van der Waals surface area contributed by atoms with Gasteiger partial charge in [-0.2, -0.15) is 0 Å². The smallest absolute Gasteiger partial charge is 0.264 e. The highest BCUT2D eigenvalue weighted by Gasteiger charge is 2.49. The summed E-state index contributed by atoms with van der Waals surface area (Å²) in [6, 6.07) is 20.6. The van der Waals surface area contributed by atoms with E-state index in [-0.39, 0.29) is 29.2 Å². The molecule has 50 heavy (non-hydrogen) atoms. The van der Waals surface area contributed by atoms with Crippen LogP contribution in [0.3, 0.4) is 0 Å². The van der Waals surface area contributed by atoms with Gasteiger partial charge in [0.2, 0.25) is 10.0 Å². The van der Waals surface area contributed by atoms with Crippen molar-refractivity contribution in [1.29, 1.82) is 0 Å². The van der Waals surface area contributed by atoms with Gasteiger partial charge in [-0.3, -0.25) is 9.59 Å². The Kier molecular flexibility index (Phi) is 10.8. The second-order valence-electron chi connectivity index (χ2n) is 14.2. The summed E-state index contributed by atoms with van der Waals surface area (Å²) in [6.07, 6.45) is 10.5. The van der Waals surface area contributed by atoms with Gasteiger partial charge < -0.3 is 14.4 Å². The fourth-order valence-corrected chi connectivity index (χ4v) is 9.27. The number of halogens is 1. The average Bonchev–Trinajstić information content (AvgIpc) is 3.25. The Labute approximate surface area is 301 Å². The van der Waals surface area contributed by atoms with E-state index in [4.69, 9.17) is 21.1 Å². The zero-order valence-electron chi connectivity index (χ0n) is 29.1. The number of hydrogen-bond acceptors (Lipinski definition) is 7. The summed E-state index contributed by atoms with van der Waals surface area (Å²) >= 11 is 6.44. The van der Waals surface area contributed by atoms with Crippen molar-refractivity contribution >= 4 is 39.5 Å². The molecule has 266 valence electrons. The van der Waals surface area contributed by atoms with Crippen LogP contribution in [-0.2, 0) is 37.8 Å². The second kappa shape index (κ2) is 14.9. The molecule has 0 unspecified atom stereocenters. The Morgan fingerprint density at radius 2 is 1.96 bits per heavy atom. The van der Waals surface area contributed by atoms with Gasteiger partial charge in [0.25, 0.3) is 5.91 Å². The maximum atomic E-state index is 13.6. The van der Waals surface area contributed by atoms with Crippen LogP contribution in [0.4, 0.5) is 5.69 Å². The van der Waals surface area contributed by atoms with Gasteiger partial charge in [-0.25, -0.2) is 13.1 Å². The van der Waals surface area contributed by atoms with Crippen molar-refractivity contribution in [2.24, 2.45) is 11.8 Å². The Morgan fingerprint density at radius 3 is 2.66 bits per heavy atom. The molecule has 1 fully saturated rings. The first-order chi connectivity index (χ1) is 24.0. The lowest BCUT2D eigenvalue weighted by atomic mass is 9.64. The number of fused-ring (bicyclic) bond motifs is 3. The number of nitrogens with one attached hydrogen (secondary N) is 1. The molecule has 3 aromatic rings. The summed E-state index contributed by atoms with van der Waals surface area (Å²) in [5.41, 5.74) is 2.94. The van der Waals surface area contributed by atoms with E-state index < -0.39 is 26.8 Å². The zero-order valence-corrected chi connectivity index (χ0v) is 30.6. The Bertz CT molecular complexity index is 1850. The summed E-state index contributed by atoms with van der Waals surface area (Å²) in [4.78, 5) is 28.5. The van der Waals surface area contributed by atoms with Gasteiger partial charge in [0.05, 0.1) is 17.5 Å². The summed E-state index contributed by atoms with van der Waals surface area (Å²) in [7, 11) is -2.37. The number of hydrogen-bond donors (Lipinski definition) is 1. The first-order valence-corrected chi connectivity index (χ1v) is 19.6. The van der Waals surface area contributed by atoms with Crippen molar-refractivity contribution in [3.8, 4) is 5.75 Å². The van der Waals surface area contributed by atoms with Crippen LogP contribution in [0.1, 0.15) is 73.0 Å². The predicted molar refractivity (Wildman–Crippen MR) is 198 cm³/mol. The number of carbonyl (C=O) groups is 2. The molecule has 5 atom stereocenters. The number of methoxy groups -OCH3 is 1. The molecule has 1 saturated carbocycles. The number of amides is 1. The highest BCUT2D eigenvalue weighted by molar-refractivity contribution is 7.90. The summed E-state index contributed by atoms with van der Waals surface area (Å²) in [5, 5.41) is -0.105. The molecule has 2 aliphatic carbocycles. The highest BCUT2D eigenvalue weighted by atomic mass is 35.5. The van der Waals surface area contributed by atoms with E-state index in [2.05, 4.69) is 21.8 Å². The third-order valence-electron chi connectivity index (χ3n) is 11.0. The summed E-state index contributed by atoms with van der Waals surface area (Å²) in [5.74, 6) is 0.0657. The molecule has 3 aliphatic rings. The molecule has 1 spiro atoms. The Hall–Kier alpha value is -3.66. The largest absolute Gasteiger partial charge is 0.490 e. The first kappa shape index (κ1) is 36.1. The van der Waals surface area contributed by atoms with Gasteiger partial charge in [0, 0.05) is 42.1 Å². The minimum Gasteiger partial charge on any atom is -0.490 e. The minimum atomic E-state index is -3.97. The molecule has 6 rings (SSSR count). The molecule has 1 N–H and O–H groups in total. The molecule has 1 heterocycles. The maximum Gasteiger partial charge on any atom is 0.264 e. The summed E-state index contributed by atoms with van der Waals surface area (Å²) in [6.45, 7) is 5.33. The van der Waals surface area contributed by atoms with Gasteiger partial charge in [-0.15, -0.1) is 0 Å². The van der Waals surface area contributed by atoms with Crippen molar-refractivity contribution in [2.45, 2.75) is 75.1 Å². The number of anilines is 1. The lowest BCUT2D eigenvalue weighted by molar-refractivity contribution is -0.135. The molecule has 8 nitrogen and oxygen atoms in total. The van der Waals surface area contributed by atoms with Crippen LogP contribution in [0.5, 0.6) is 5.75 Å². The molecule has 0 saturated heterocycles. The maximum absolute atomic E-state index is 13.6. The molecule has 3 aromatic carbocycles. The molecule has 1 aliphatic heterocycles. The van der Waals surface area contributed by atoms with Gasteiger partial charge in [-0.1, -0.05) is 61.0 Å². The van der Waals surface area contributed by atoms with Crippen LogP contribution in [-0.4, -0.2) is 58.3 Å². The minimum absolute atomic E-state index is 0.0171. The number of ether oxygens (including phenoxy) is 2. The zero-order chi connectivity index (χ0) is 35.5. The molecule has 0 bridgehead atoms. The van der Waals surface area contributed by atoms with Gasteiger partial charge in [-0.05, 0) is 111 Å². The molecule has 10 heteroatoms. The number of aldehydes is 1. The lowest BCUT2D eigenvalue weighted by Gasteiger charge is -2.48. The number of benzene rings is 3. The monoisotopic (exact) mass is 718 g/mol. The van der Waals surface area contributed by atoms with Gasteiger partial charge in [0.1, 0.15) is 11.4 Å². The van der Waals surface area contributed by atoms with E-state index in [0.717, 1.165) is 56.1 Å². The summed E-state index contributed by atoms with van der Waals surface area (Å²) < 4.78 is 41.4. The van der Waals surface area contributed by atoms with E-state index in [1.807, 2.05) is 55.5 Å². The molecule has 1 amide bonds. The third kappa shape index (κ3) is 7.23. The highest BCUT2D eigenvalue weighted by Crippen LogP contribution is 2.48. The molecule has 0 aromatic heterocycles. The third-order valence-corrected chi connectivity index (χ3v) is 13.0. The number of nitrogens with zero attached hydrogens (tertiary/aromatic N) is 1. The molecular formula is C40H47ClN2O6S. The van der Waals surface area contributed by atoms with Crippen LogP contribution >= 0.6 is 11.6 Å². The standard InChI is InChI=1S/C40H47ClN2O6S/c1-4-5-20-40(26-44,48-3)35-16-13-32(35)24-43-25-39(19-9-12-30-22-33(41)15-17-34(30)39)27-49-37-18-14-31(23-36(37)43)38(45)42-50(46,47)28(2)21-29-10-7-6-8-11-29/h5-8,10-11,14-15,17-18,20,22-23,26,28,32,35H,4,9,12-13,16,19,21,24-25,27H2,1-3H3,(H,42,45)/b20-5+/t28-,32-,35+,39-,40-/m0/s1. The number of rotatable bonds is 12. The van der Waals surface area contributed by atoms with Crippen molar-refractivity contribution in [1.82, 2.24) is 4.72 Å². The average molecular weight is 719 g/mol. The predicted octanol–water partition coefficient (Wildman–Crippen LogP) is 7.08. The normalized spacial score (nSPS) is 23.5. The van der Waals surface area contributed by atoms with Crippen LogP contribution < -0.4 is 14.4 Å². The van der Waals surface area contributed by atoms with Gasteiger partial charge in [0.15, 0.2) is 6.29 Å². The van der Waals surface area contributed by atoms with E-state index in [0.29, 0.717) is 30.5 Å². The first-order valence-electron chi connectivity index (χ1n) is 17.6. The van der Waals surface area contributed by atoms with Crippen molar-refractivity contribution in [3.05, 3.63) is 106 Å². The van der Waals surface area contributed by atoms with Crippen LogP contribution in [0, 0.1) is 11.8 Å². The van der Waals surface area contributed by atoms with Crippen LogP contribution in [0.15, 0.2) is 78.9 Å². The van der Waals surface area contributed by atoms with Crippen molar-refractivity contribution in [3.63, 3.8) is 0 Å². The van der Waals surface area contributed by atoms with E-state index >= 15 is 0 Å². The second-order valence-corrected chi connectivity index (χ2v) is 16.7. The van der Waals surface area contributed by atoms with Gasteiger partial charge >= 0.3 is 0 Å². The van der Waals surface area contributed by atoms with Crippen LogP contribution in [0.2, 0.25) is 5.02 Å². The quantitative estimate of drug-likeness (QED) is 0.158. The van der Waals surface area contributed by atoms with E-state index in [1.54, 1.807) is 32.2 Å².